The molecule has 2 nitrogen and oxygen atoms in total. The molecule has 2 heterocycles. The van der Waals surface area contributed by atoms with Crippen LogP contribution in [0.4, 0.5) is 0 Å². The predicted octanol–water partition coefficient (Wildman–Crippen LogP) is 1.61. The Bertz CT molecular complexity index is 171. The van der Waals surface area contributed by atoms with Gasteiger partial charge in [-0.3, -0.25) is 0 Å². The van der Waals surface area contributed by atoms with E-state index >= 15 is 0 Å². The number of nitrogens with one attached hydrogen (secondary N) is 1. The second-order valence-corrected chi connectivity index (χ2v) is 4.94. The lowest BCUT2D eigenvalue weighted by molar-refractivity contribution is 0.230. The molecule has 1 N–H and O–H groups in total. The largest absolute Gasteiger partial charge is 0.307 e. The number of nitrogens with zero attached hydrogens (tertiary/aromatic N) is 1. The zero-order valence-corrected chi connectivity index (χ0v) is 8.97. The van der Waals surface area contributed by atoms with Gasteiger partial charge in [0.05, 0.1) is 0 Å². The van der Waals surface area contributed by atoms with Gasteiger partial charge in [0.15, 0.2) is 0 Å². The number of hydrogen-bond donors (Lipinski definition) is 1. The summed E-state index contributed by atoms with van der Waals surface area (Å²) in [4.78, 5) is 2.49. The van der Waals surface area contributed by atoms with E-state index in [4.69, 9.17) is 0 Å². The molecule has 2 rings (SSSR count). The lowest BCUT2D eigenvalue weighted by Gasteiger charge is -2.31. The highest BCUT2D eigenvalue weighted by Gasteiger charge is 2.44. The molecule has 76 valence electrons. The summed E-state index contributed by atoms with van der Waals surface area (Å²) in [5.74, 6) is 0. The van der Waals surface area contributed by atoms with Gasteiger partial charge >= 0.3 is 0 Å². The van der Waals surface area contributed by atoms with E-state index in [1.54, 1.807) is 0 Å². The first-order chi connectivity index (χ1) is 6.24. The van der Waals surface area contributed by atoms with Crippen molar-refractivity contribution in [2.75, 3.05) is 20.1 Å². The minimum atomic E-state index is 0.509. The van der Waals surface area contributed by atoms with E-state index in [1.165, 1.54) is 45.2 Å². The normalized spacial score (nSPS) is 37.6. The van der Waals surface area contributed by atoms with Crippen molar-refractivity contribution in [3.63, 3.8) is 0 Å². The van der Waals surface area contributed by atoms with Crippen molar-refractivity contribution in [3.8, 4) is 0 Å². The maximum Gasteiger partial charge on any atom is 0.0312 e. The number of fused-ring (bicyclic) bond motifs is 2. The van der Waals surface area contributed by atoms with E-state index in [0.717, 1.165) is 6.04 Å². The van der Waals surface area contributed by atoms with Crippen LogP contribution in [0.15, 0.2) is 0 Å². The second kappa shape index (κ2) is 3.58. The third-order valence-electron chi connectivity index (χ3n) is 3.63. The van der Waals surface area contributed by atoms with Crippen molar-refractivity contribution >= 4 is 0 Å². The van der Waals surface area contributed by atoms with Gasteiger partial charge in [-0.1, -0.05) is 6.92 Å². The summed E-state index contributed by atoms with van der Waals surface area (Å²) in [7, 11) is 2.26. The fourth-order valence-corrected chi connectivity index (χ4v) is 3.07. The highest BCUT2D eigenvalue weighted by molar-refractivity contribution is 5.05. The molecule has 0 amide bonds. The predicted molar refractivity (Wildman–Crippen MR) is 55.9 cm³/mol. The summed E-state index contributed by atoms with van der Waals surface area (Å²) in [5.41, 5.74) is 0.509. The van der Waals surface area contributed by atoms with E-state index in [0.29, 0.717) is 5.54 Å². The molecule has 2 heteroatoms. The summed E-state index contributed by atoms with van der Waals surface area (Å²) >= 11 is 0. The first kappa shape index (κ1) is 9.47. The topological polar surface area (TPSA) is 15.3 Å². The summed E-state index contributed by atoms with van der Waals surface area (Å²) in [6.45, 7) is 4.76. The molecule has 0 radical (unpaired) electrons. The third-order valence-corrected chi connectivity index (χ3v) is 3.63. The van der Waals surface area contributed by atoms with Crippen LogP contribution in [0.25, 0.3) is 0 Å². The average molecular weight is 182 g/mol. The fraction of sp³-hybridized carbons (Fsp3) is 1.00. The highest BCUT2D eigenvalue weighted by Crippen LogP contribution is 2.37. The van der Waals surface area contributed by atoms with Crippen molar-refractivity contribution in [2.45, 2.75) is 50.6 Å². The van der Waals surface area contributed by atoms with Crippen molar-refractivity contribution < 1.29 is 0 Å². The molecule has 0 aromatic carbocycles. The van der Waals surface area contributed by atoms with Gasteiger partial charge in [0.2, 0.25) is 0 Å². The summed E-state index contributed by atoms with van der Waals surface area (Å²) in [6, 6.07) is 0.857. The minimum absolute atomic E-state index is 0.509. The second-order valence-electron chi connectivity index (χ2n) is 4.94. The Morgan fingerprint density at radius 1 is 1.38 bits per heavy atom. The molecule has 0 aliphatic carbocycles. The highest BCUT2D eigenvalue weighted by atomic mass is 15.2. The summed E-state index contributed by atoms with van der Waals surface area (Å²) < 4.78 is 0. The Hall–Kier alpha value is -0.0800. The van der Waals surface area contributed by atoms with Crippen LogP contribution in [0.3, 0.4) is 0 Å². The van der Waals surface area contributed by atoms with Crippen molar-refractivity contribution in [3.05, 3.63) is 0 Å². The molecular weight excluding hydrogens is 160 g/mol. The van der Waals surface area contributed by atoms with Crippen LogP contribution in [0.1, 0.15) is 39.0 Å². The fourth-order valence-electron chi connectivity index (χ4n) is 3.07. The van der Waals surface area contributed by atoms with E-state index in [-0.39, 0.29) is 0 Å². The molecule has 0 atom stereocenters. The monoisotopic (exact) mass is 182 g/mol. The Morgan fingerprint density at radius 3 is 2.54 bits per heavy atom. The molecule has 2 saturated heterocycles. The quantitative estimate of drug-likeness (QED) is 0.710. The van der Waals surface area contributed by atoms with Gasteiger partial charge in [0.1, 0.15) is 0 Å². The zero-order chi connectivity index (χ0) is 9.31. The third kappa shape index (κ3) is 1.89. The average Bonchev–Trinajstić information content (AvgIpc) is 2.63. The lowest BCUT2D eigenvalue weighted by atomic mass is 9.87. The molecule has 0 aromatic rings. The molecule has 2 bridgehead atoms. The number of likely N-dealkylation sites (N-methyl/N-ethyl adjacent to an activating group) is 1. The van der Waals surface area contributed by atoms with Gasteiger partial charge in [-0.2, -0.15) is 0 Å². The Balaban J connectivity index is 1.86. The summed E-state index contributed by atoms with van der Waals surface area (Å²) in [6.07, 6.45) is 6.92. The van der Waals surface area contributed by atoms with E-state index in [1.807, 2.05) is 0 Å². The minimum Gasteiger partial charge on any atom is -0.307 e. The smallest absolute Gasteiger partial charge is 0.0312 e. The SMILES string of the molecule is CCCN(C)CC12CCC(CC1)N2. The van der Waals surface area contributed by atoms with Crippen molar-refractivity contribution in [1.82, 2.24) is 10.2 Å². The molecule has 0 aromatic heterocycles. The lowest BCUT2D eigenvalue weighted by Crippen LogP contribution is -2.46. The van der Waals surface area contributed by atoms with Crippen LogP contribution in [-0.2, 0) is 0 Å². The van der Waals surface area contributed by atoms with Crippen LogP contribution >= 0.6 is 0 Å². The van der Waals surface area contributed by atoms with E-state index in [9.17, 15) is 0 Å². The standard InChI is InChI=1S/C11H22N2/c1-3-8-13(2)9-11-6-4-10(12-11)5-7-11/h10,12H,3-9H2,1-2H3. The van der Waals surface area contributed by atoms with Crippen LogP contribution in [0.5, 0.6) is 0 Å². The summed E-state index contributed by atoms with van der Waals surface area (Å²) in [5, 5.41) is 3.79. The molecule has 0 unspecified atom stereocenters. The van der Waals surface area contributed by atoms with Gasteiger partial charge < -0.3 is 10.2 Å². The first-order valence-corrected chi connectivity index (χ1v) is 5.70. The molecular formula is C11H22N2. The van der Waals surface area contributed by atoms with E-state index in [2.05, 4.69) is 24.2 Å². The molecule has 0 saturated carbocycles. The van der Waals surface area contributed by atoms with E-state index < -0.39 is 0 Å². The number of hydrogen-bond acceptors (Lipinski definition) is 2. The van der Waals surface area contributed by atoms with Gasteiger partial charge in [0, 0.05) is 18.1 Å². The van der Waals surface area contributed by atoms with Gasteiger partial charge in [-0.15, -0.1) is 0 Å². The maximum atomic E-state index is 3.79. The molecule has 2 fully saturated rings. The van der Waals surface area contributed by atoms with Crippen LogP contribution in [0.2, 0.25) is 0 Å². The Labute approximate surface area is 81.7 Å². The van der Waals surface area contributed by atoms with Gasteiger partial charge in [-0.25, -0.2) is 0 Å². The van der Waals surface area contributed by atoms with Crippen LogP contribution in [-0.4, -0.2) is 36.6 Å². The van der Waals surface area contributed by atoms with Crippen molar-refractivity contribution in [1.29, 1.82) is 0 Å². The molecule has 2 aliphatic rings. The molecule has 0 spiro atoms. The Morgan fingerprint density at radius 2 is 2.08 bits per heavy atom. The number of rotatable bonds is 4. The Kier molecular flexibility index (Phi) is 2.61. The first-order valence-electron chi connectivity index (χ1n) is 5.70. The molecule has 2 aliphatic heterocycles. The zero-order valence-electron chi connectivity index (χ0n) is 8.97. The van der Waals surface area contributed by atoms with Crippen LogP contribution in [0, 0.1) is 0 Å². The molecule has 13 heavy (non-hydrogen) atoms. The van der Waals surface area contributed by atoms with Crippen molar-refractivity contribution in [2.24, 2.45) is 0 Å². The maximum absolute atomic E-state index is 3.79. The van der Waals surface area contributed by atoms with Crippen LogP contribution < -0.4 is 5.32 Å². The van der Waals surface area contributed by atoms with Gasteiger partial charge in [0.25, 0.3) is 0 Å². The van der Waals surface area contributed by atoms with Gasteiger partial charge in [-0.05, 0) is 45.7 Å².